The van der Waals surface area contributed by atoms with Crippen LogP contribution in [0.2, 0.25) is 0 Å². The van der Waals surface area contributed by atoms with Crippen molar-refractivity contribution in [3.63, 3.8) is 0 Å². The Labute approximate surface area is 205 Å². The van der Waals surface area contributed by atoms with Gasteiger partial charge in [0.1, 0.15) is 12.4 Å². The molecule has 0 unspecified atom stereocenters. The highest BCUT2D eigenvalue weighted by Crippen LogP contribution is 2.30. The van der Waals surface area contributed by atoms with Gasteiger partial charge in [0.15, 0.2) is 11.7 Å². The third-order valence-electron chi connectivity index (χ3n) is 5.69. The van der Waals surface area contributed by atoms with Gasteiger partial charge in [-0.1, -0.05) is 24.3 Å². The van der Waals surface area contributed by atoms with Gasteiger partial charge in [-0.25, -0.2) is 9.37 Å². The number of hydrogen-bond donors (Lipinski definition) is 2. The van der Waals surface area contributed by atoms with E-state index >= 15 is 0 Å². The highest BCUT2D eigenvalue weighted by Gasteiger charge is 2.27. The molecular weight excluding hydrogens is 463 g/mol. The summed E-state index contributed by atoms with van der Waals surface area (Å²) in [4.78, 5) is 43.0. The zero-order valence-corrected chi connectivity index (χ0v) is 19.0. The molecule has 0 bridgehead atoms. The van der Waals surface area contributed by atoms with Crippen LogP contribution in [0.1, 0.15) is 22.7 Å². The Kier molecular flexibility index (Phi) is 6.27. The largest absolute Gasteiger partial charge is 0.441 e. The van der Waals surface area contributed by atoms with Crippen molar-refractivity contribution in [1.29, 1.82) is 0 Å². The van der Waals surface area contributed by atoms with Crippen molar-refractivity contribution in [3.8, 4) is 11.3 Å². The van der Waals surface area contributed by atoms with Crippen molar-refractivity contribution < 1.29 is 23.2 Å². The Morgan fingerprint density at radius 3 is 2.58 bits per heavy atom. The fourth-order valence-corrected chi connectivity index (χ4v) is 3.92. The van der Waals surface area contributed by atoms with Gasteiger partial charge < -0.3 is 15.1 Å². The minimum atomic E-state index is -0.410. The molecule has 2 heterocycles. The van der Waals surface area contributed by atoms with E-state index in [1.807, 2.05) is 0 Å². The van der Waals surface area contributed by atoms with Crippen LogP contribution >= 0.6 is 0 Å². The molecule has 3 amide bonds. The van der Waals surface area contributed by atoms with Crippen molar-refractivity contribution in [2.75, 3.05) is 22.1 Å². The zero-order chi connectivity index (χ0) is 25.1. The third kappa shape index (κ3) is 4.85. The first kappa shape index (κ1) is 23.0. The number of nitrogens with zero attached hydrogens (tertiary/aromatic N) is 2. The zero-order valence-electron chi connectivity index (χ0n) is 19.0. The Morgan fingerprint density at radius 1 is 1.03 bits per heavy atom. The number of aromatic nitrogens is 1. The van der Waals surface area contributed by atoms with Gasteiger partial charge in [0, 0.05) is 24.1 Å². The second-order valence-corrected chi connectivity index (χ2v) is 8.18. The average Bonchev–Trinajstić information content (AvgIpc) is 3.36. The smallest absolute Gasteiger partial charge is 0.258 e. The van der Waals surface area contributed by atoms with Gasteiger partial charge in [-0.2, -0.15) is 0 Å². The summed E-state index contributed by atoms with van der Waals surface area (Å²) >= 11 is 0. The van der Waals surface area contributed by atoms with E-state index in [0.29, 0.717) is 39.8 Å². The molecule has 0 spiro atoms. The number of benzene rings is 3. The number of carbonyl (C=O) groups excluding carboxylic acids is 3. The first-order chi connectivity index (χ1) is 17.5. The first-order valence-corrected chi connectivity index (χ1v) is 11.3. The van der Waals surface area contributed by atoms with Crippen molar-refractivity contribution in [2.24, 2.45) is 0 Å². The predicted octanol–water partition coefficient (Wildman–Crippen LogP) is 4.65. The molecule has 0 saturated carbocycles. The number of para-hydroxylation sites is 2. The Hall–Kier alpha value is -4.79. The number of aryl methyl sites for hydroxylation is 1. The number of carbonyl (C=O) groups is 3. The summed E-state index contributed by atoms with van der Waals surface area (Å²) in [6, 6.07) is 19.8. The molecule has 3 aromatic carbocycles. The number of hydrogen-bond acceptors (Lipinski definition) is 5. The summed E-state index contributed by atoms with van der Waals surface area (Å²) in [6.45, 7) is -0.0756. The van der Waals surface area contributed by atoms with Crippen LogP contribution in [0.15, 0.2) is 83.4 Å². The molecule has 1 aromatic heterocycles. The van der Waals surface area contributed by atoms with Crippen molar-refractivity contribution >= 4 is 34.8 Å². The van der Waals surface area contributed by atoms with Crippen LogP contribution < -0.4 is 15.5 Å². The van der Waals surface area contributed by atoms with Crippen LogP contribution in [0.25, 0.3) is 11.3 Å². The molecule has 180 valence electrons. The minimum Gasteiger partial charge on any atom is -0.441 e. The summed E-state index contributed by atoms with van der Waals surface area (Å²) in [5, 5.41) is 5.53. The van der Waals surface area contributed by atoms with E-state index in [1.165, 1.54) is 17.2 Å². The van der Waals surface area contributed by atoms with E-state index in [4.69, 9.17) is 4.42 Å². The summed E-state index contributed by atoms with van der Waals surface area (Å²) in [5.74, 6) is -0.621. The molecule has 0 atom stereocenters. The molecule has 4 aromatic rings. The van der Waals surface area contributed by atoms with E-state index in [0.717, 1.165) is 0 Å². The molecule has 9 heteroatoms. The van der Waals surface area contributed by atoms with Crippen LogP contribution in [0.5, 0.6) is 0 Å². The lowest BCUT2D eigenvalue weighted by Gasteiger charge is -2.29. The lowest BCUT2D eigenvalue weighted by atomic mass is 10.1. The standard InChI is InChI=1S/C27H21FN4O4/c28-20-6-2-1-5-19(20)23-15-29-26(36-23)14-13-24(33)30-18-11-9-17(10-12-18)27(35)32-16-25(34)31-21-7-3-4-8-22(21)32/h1-12,15H,13-14,16H2,(H,30,33)(H,31,34). The van der Waals surface area contributed by atoms with Crippen LogP contribution in [-0.4, -0.2) is 29.3 Å². The fraction of sp³-hybridized carbons (Fsp3) is 0.111. The van der Waals surface area contributed by atoms with Crippen LogP contribution in [0.4, 0.5) is 21.5 Å². The second-order valence-electron chi connectivity index (χ2n) is 8.18. The van der Waals surface area contributed by atoms with Gasteiger partial charge >= 0.3 is 0 Å². The number of rotatable bonds is 6. The van der Waals surface area contributed by atoms with E-state index in [2.05, 4.69) is 15.6 Å². The molecule has 2 N–H and O–H groups in total. The van der Waals surface area contributed by atoms with Gasteiger partial charge in [-0.3, -0.25) is 19.3 Å². The minimum absolute atomic E-state index is 0.0756. The average molecular weight is 484 g/mol. The molecule has 8 nitrogen and oxygen atoms in total. The van der Waals surface area contributed by atoms with Gasteiger partial charge in [0.2, 0.25) is 11.8 Å². The fourth-order valence-electron chi connectivity index (χ4n) is 3.92. The van der Waals surface area contributed by atoms with Crippen molar-refractivity contribution in [2.45, 2.75) is 12.8 Å². The van der Waals surface area contributed by atoms with Crippen molar-refractivity contribution in [3.05, 3.63) is 96.3 Å². The highest BCUT2D eigenvalue weighted by atomic mass is 19.1. The van der Waals surface area contributed by atoms with Crippen molar-refractivity contribution in [1.82, 2.24) is 4.98 Å². The monoisotopic (exact) mass is 484 g/mol. The highest BCUT2D eigenvalue weighted by molar-refractivity contribution is 6.15. The number of nitrogens with one attached hydrogen (secondary N) is 2. The van der Waals surface area contributed by atoms with Crippen LogP contribution in [0.3, 0.4) is 0 Å². The molecular formula is C27H21FN4O4. The molecule has 0 aliphatic carbocycles. The van der Waals surface area contributed by atoms with Gasteiger partial charge in [0.25, 0.3) is 5.91 Å². The SMILES string of the molecule is O=C(CCc1ncc(-c2ccccc2F)o1)Nc1ccc(C(=O)N2CC(=O)Nc3ccccc32)cc1. The third-order valence-corrected chi connectivity index (χ3v) is 5.69. The van der Waals surface area contributed by atoms with Crippen LogP contribution in [0, 0.1) is 5.82 Å². The van der Waals surface area contributed by atoms with Crippen LogP contribution in [-0.2, 0) is 16.0 Å². The van der Waals surface area contributed by atoms with Gasteiger partial charge in [-0.05, 0) is 48.5 Å². The summed E-state index contributed by atoms with van der Waals surface area (Å²) in [7, 11) is 0. The number of anilines is 3. The molecule has 0 radical (unpaired) electrons. The Bertz CT molecular complexity index is 1450. The molecule has 0 fully saturated rings. The predicted molar refractivity (Wildman–Crippen MR) is 132 cm³/mol. The maximum Gasteiger partial charge on any atom is 0.258 e. The quantitative estimate of drug-likeness (QED) is 0.415. The van der Waals surface area contributed by atoms with E-state index in [-0.39, 0.29) is 37.1 Å². The lowest BCUT2D eigenvalue weighted by molar-refractivity contribution is -0.116. The van der Waals surface area contributed by atoms with E-state index < -0.39 is 5.82 Å². The number of halogens is 1. The van der Waals surface area contributed by atoms with Gasteiger partial charge in [0.05, 0.1) is 23.1 Å². The molecule has 0 saturated heterocycles. The summed E-state index contributed by atoms with van der Waals surface area (Å²) in [6.07, 6.45) is 1.79. The second kappa shape index (κ2) is 9.83. The normalized spacial score (nSPS) is 12.6. The van der Waals surface area contributed by atoms with E-state index in [9.17, 15) is 18.8 Å². The molecule has 1 aliphatic rings. The lowest BCUT2D eigenvalue weighted by Crippen LogP contribution is -2.42. The number of fused-ring (bicyclic) bond motifs is 1. The summed E-state index contributed by atoms with van der Waals surface area (Å²) < 4.78 is 19.5. The van der Waals surface area contributed by atoms with Gasteiger partial charge in [-0.15, -0.1) is 0 Å². The maximum absolute atomic E-state index is 13.9. The molecule has 1 aliphatic heterocycles. The van der Waals surface area contributed by atoms with E-state index in [1.54, 1.807) is 66.7 Å². The maximum atomic E-state index is 13.9. The summed E-state index contributed by atoms with van der Waals surface area (Å²) in [5.41, 5.74) is 2.43. The Morgan fingerprint density at radius 2 is 1.78 bits per heavy atom. The molecule has 5 rings (SSSR count). The number of amides is 3. The Balaban J connectivity index is 1.19. The first-order valence-electron chi connectivity index (χ1n) is 11.3. The molecule has 36 heavy (non-hydrogen) atoms. The topological polar surface area (TPSA) is 105 Å². The number of oxazole rings is 1.